The summed E-state index contributed by atoms with van der Waals surface area (Å²) in [4.78, 5) is 11.8. The first-order valence-electron chi connectivity index (χ1n) is 6.13. The number of rotatable bonds is 5. The lowest BCUT2D eigenvalue weighted by Gasteiger charge is -2.07. The van der Waals surface area contributed by atoms with Crippen molar-refractivity contribution in [3.63, 3.8) is 0 Å². The fourth-order valence-electron chi connectivity index (χ4n) is 1.89. The molecule has 2 N–H and O–H groups in total. The maximum absolute atomic E-state index is 11.8. The van der Waals surface area contributed by atoms with E-state index >= 15 is 0 Å². The first kappa shape index (κ1) is 12.6. The van der Waals surface area contributed by atoms with E-state index in [2.05, 4.69) is 5.32 Å². The van der Waals surface area contributed by atoms with Gasteiger partial charge in [0.1, 0.15) is 12.4 Å². The minimum Gasteiger partial charge on any atom is -0.491 e. The Morgan fingerprint density at radius 2 is 2.11 bits per heavy atom. The lowest BCUT2D eigenvalue weighted by molar-refractivity contribution is -0.112. The van der Waals surface area contributed by atoms with Crippen LogP contribution in [0.5, 0.6) is 5.75 Å². The van der Waals surface area contributed by atoms with E-state index < -0.39 is 0 Å². The average molecular weight is 247 g/mol. The van der Waals surface area contributed by atoms with Gasteiger partial charge in [0.2, 0.25) is 0 Å². The Labute approximate surface area is 106 Å². The van der Waals surface area contributed by atoms with E-state index in [-0.39, 0.29) is 19.1 Å². The predicted molar refractivity (Wildman–Crippen MR) is 69.6 cm³/mol. The Morgan fingerprint density at radius 1 is 1.33 bits per heavy atom. The first-order valence-corrected chi connectivity index (χ1v) is 6.13. The van der Waals surface area contributed by atoms with Crippen LogP contribution in [0.25, 0.3) is 0 Å². The number of amides is 1. The van der Waals surface area contributed by atoms with Crippen LogP contribution in [-0.4, -0.2) is 24.2 Å². The van der Waals surface area contributed by atoms with Crippen LogP contribution in [0.1, 0.15) is 19.3 Å². The third kappa shape index (κ3) is 3.34. The van der Waals surface area contributed by atoms with Gasteiger partial charge >= 0.3 is 0 Å². The molecule has 2 rings (SSSR count). The number of hydrogen-bond acceptors (Lipinski definition) is 3. The highest BCUT2D eigenvalue weighted by Gasteiger charge is 2.13. The van der Waals surface area contributed by atoms with Gasteiger partial charge in [-0.05, 0) is 43.5 Å². The summed E-state index contributed by atoms with van der Waals surface area (Å²) in [6, 6.07) is 7.13. The molecule has 0 radical (unpaired) electrons. The monoisotopic (exact) mass is 247 g/mol. The van der Waals surface area contributed by atoms with Gasteiger partial charge in [-0.3, -0.25) is 4.79 Å². The van der Waals surface area contributed by atoms with Gasteiger partial charge in [0, 0.05) is 11.3 Å². The van der Waals surface area contributed by atoms with Gasteiger partial charge in [0.05, 0.1) is 6.61 Å². The van der Waals surface area contributed by atoms with Crippen LogP contribution in [0.3, 0.4) is 0 Å². The Morgan fingerprint density at radius 3 is 2.72 bits per heavy atom. The highest BCUT2D eigenvalue weighted by atomic mass is 16.5. The van der Waals surface area contributed by atoms with E-state index in [1.807, 2.05) is 6.08 Å². The van der Waals surface area contributed by atoms with Crippen molar-refractivity contribution in [3.05, 3.63) is 35.9 Å². The van der Waals surface area contributed by atoms with E-state index in [1.54, 1.807) is 24.3 Å². The molecule has 1 aromatic rings. The summed E-state index contributed by atoms with van der Waals surface area (Å²) in [5, 5.41) is 11.5. The topological polar surface area (TPSA) is 58.6 Å². The molecule has 96 valence electrons. The molecule has 0 aromatic heterocycles. The van der Waals surface area contributed by atoms with Crippen LogP contribution in [0.4, 0.5) is 5.69 Å². The molecule has 0 aliphatic heterocycles. The maximum Gasteiger partial charge on any atom is 0.251 e. The quantitative estimate of drug-likeness (QED) is 0.837. The maximum atomic E-state index is 11.8. The summed E-state index contributed by atoms with van der Waals surface area (Å²) in [7, 11) is 0. The molecule has 4 nitrogen and oxygen atoms in total. The number of aliphatic hydroxyl groups excluding tert-OH is 1. The molecule has 1 amide bonds. The van der Waals surface area contributed by atoms with Gasteiger partial charge in [-0.1, -0.05) is 6.08 Å². The molecule has 0 unspecified atom stereocenters. The number of ether oxygens (including phenoxy) is 1. The van der Waals surface area contributed by atoms with Gasteiger partial charge in [-0.15, -0.1) is 0 Å². The zero-order chi connectivity index (χ0) is 12.8. The molecule has 1 aromatic carbocycles. The second-order valence-corrected chi connectivity index (χ2v) is 4.17. The van der Waals surface area contributed by atoms with Crippen molar-refractivity contribution in [2.45, 2.75) is 19.3 Å². The molecule has 0 saturated heterocycles. The van der Waals surface area contributed by atoms with Crippen molar-refractivity contribution in [2.24, 2.45) is 0 Å². The molecule has 1 aliphatic rings. The summed E-state index contributed by atoms with van der Waals surface area (Å²) in [5.41, 5.74) is 1.62. The van der Waals surface area contributed by atoms with Gasteiger partial charge < -0.3 is 15.2 Å². The Balaban J connectivity index is 1.91. The van der Waals surface area contributed by atoms with E-state index in [0.29, 0.717) is 5.75 Å². The number of nitrogens with one attached hydrogen (secondary N) is 1. The zero-order valence-electron chi connectivity index (χ0n) is 10.2. The number of carbonyl (C=O) groups is 1. The first-order chi connectivity index (χ1) is 8.79. The van der Waals surface area contributed by atoms with Crippen LogP contribution in [0, 0.1) is 0 Å². The minimum absolute atomic E-state index is 0.00730. The normalized spacial score (nSPS) is 14.2. The number of allylic oxidation sites excluding steroid dienone is 1. The van der Waals surface area contributed by atoms with E-state index in [9.17, 15) is 4.79 Å². The lowest BCUT2D eigenvalue weighted by Crippen LogP contribution is -2.13. The molecule has 1 aliphatic carbocycles. The Kier molecular flexibility index (Phi) is 4.36. The minimum atomic E-state index is -0.0171. The van der Waals surface area contributed by atoms with E-state index in [0.717, 1.165) is 30.5 Å². The van der Waals surface area contributed by atoms with Crippen LogP contribution < -0.4 is 10.1 Å². The summed E-state index contributed by atoms with van der Waals surface area (Å²) < 4.78 is 5.24. The molecule has 0 atom stereocenters. The highest BCUT2D eigenvalue weighted by molar-refractivity contribution is 6.03. The number of aliphatic hydroxyl groups is 1. The smallest absolute Gasteiger partial charge is 0.251 e. The van der Waals surface area contributed by atoms with Crippen LogP contribution >= 0.6 is 0 Å². The number of hydrogen-bond donors (Lipinski definition) is 2. The fourth-order valence-corrected chi connectivity index (χ4v) is 1.89. The molecule has 4 heteroatoms. The van der Waals surface area contributed by atoms with E-state index in [1.165, 1.54) is 0 Å². The molecular weight excluding hydrogens is 230 g/mol. The summed E-state index contributed by atoms with van der Waals surface area (Å²) in [5.74, 6) is 0.665. The third-order valence-corrected chi connectivity index (χ3v) is 2.80. The van der Waals surface area contributed by atoms with Crippen LogP contribution in [0.15, 0.2) is 35.9 Å². The molecule has 0 saturated carbocycles. The van der Waals surface area contributed by atoms with Gasteiger partial charge in [0.25, 0.3) is 5.91 Å². The molecular formula is C14H17NO3. The van der Waals surface area contributed by atoms with Crippen molar-refractivity contribution < 1.29 is 14.6 Å². The molecule has 0 heterocycles. The molecule has 0 spiro atoms. The van der Waals surface area contributed by atoms with Crippen LogP contribution in [-0.2, 0) is 4.79 Å². The number of benzene rings is 1. The third-order valence-electron chi connectivity index (χ3n) is 2.80. The standard InChI is InChI=1S/C14H17NO3/c16-9-10-18-13-7-5-12(6-8-13)15-14(17)11-3-1-2-4-11/h3,5-8,16H,1-2,4,9-10H2,(H,15,17). The van der Waals surface area contributed by atoms with Crippen molar-refractivity contribution in [1.82, 2.24) is 0 Å². The van der Waals surface area contributed by atoms with Crippen molar-refractivity contribution >= 4 is 11.6 Å². The predicted octanol–water partition coefficient (Wildman–Crippen LogP) is 2.11. The molecule has 0 fully saturated rings. The molecule has 0 bridgehead atoms. The summed E-state index contributed by atoms with van der Waals surface area (Å²) in [6.45, 7) is 0.269. The summed E-state index contributed by atoms with van der Waals surface area (Å²) in [6.07, 6.45) is 4.92. The van der Waals surface area contributed by atoms with Gasteiger partial charge in [-0.25, -0.2) is 0 Å². The number of carbonyl (C=O) groups excluding carboxylic acids is 1. The van der Waals surface area contributed by atoms with E-state index in [4.69, 9.17) is 9.84 Å². The van der Waals surface area contributed by atoms with Crippen molar-refractivity contribution in [3.8, 4) is 5.75 Å². The fraction of sp³-hybridized carbons (Fsp3) is 0.357. The zero-order valence-corrected chi connectivity index (χ0v) is 10.2. The summed E-state index contributed by atoms with van der Waals surface area (Å²) >= 11 is 0. The SMILES string of the molecule is O=C(Nc1ccc(OCCO)cc1)C1=CCCC1. The second-order valence-electron chi connectivity index (χ2n) is 4.17. The Hall–Kier alpha value is -1.81. The largest absolute Gasteiger partial charge is 0.491 e. The molecule has 18 heavy (non-hydrogen) atoms. The van der Waals surface area contributed by atoms with Crippen molar-refractivity contribution in [1.29, 1.82) is 0 Å². The highest BCUT2D eigenvalue weighted by Crippen LogP contribution is 2.20. The van der Waals surface area contributed by atoms with Crippen molar-refractivity contribution in [2.75, 3.05) is 18.5 Å². The average Bonchev–Trinajstić information content (AvgIpc) is 2.92. The lowest BCUT2D eigenvalue weighted by atomic mass is 10.2. The van der Waals surface area contributed by atoms with Crippen LogP contribution in [0.2, 0.25) is 0 Å². The number of anilines is 1. The second kappa shape index (κ2) is 6.21. The Bertz CT molecular complexity index is 437. The van der Waals surface area contributed by atoms with Gasteiger partial charge in [-0.2, -0.15) is 0 Å². The van der Waals surface area contributed by atoms with Gasteiger partial charge in [0.15, 0.2) is 0 Å².